The number of hydrogen-bond donors (Lipinski definition) is 6. The SMILES string of the molecule is CC(C)NS(=O)(=O)c1ccc(O)c(N/N=C2\C(=O)C=Cc3ccccc32)c1.NS(=O)(=O)c1ccc(O)c(N/N=C2\C(=O)C=Cc3ccccc32)c1.[Co].[Na+]. The first-order valence-corrected chi connectivity index (χ1v) is 18.2. The number of carbonyl (C=O) groups excluding carboxylic acids is 2. The quantitative estimate of drug-likeness (QED) is 0.0839. The number of hydrazone groups is 2. The number of hydrogen-bond acceptors (Lipinski definition) is 12. The molecule has 0 saturated heterocycles. The smallest absolute Gasteiger partial charge is 0.506 e. The van der Waals surface area contributed by atoms with Gasteiger partial charge in [-0.15, -0.1) is 0 Å². The van der Waals surface area contributed by atoms with Gasteiger partial charge in [0.15, 0.2) is 0 Å². The number of nitrogens with one attached hydrogen (secondary N) is 3. The molecule has 0 saturated carbocycles. The van der Waals surface area contributed by atoms with E-state index in [1.54, 1.807) is 50.3 Å². The number of phenols is 2. The Morgan fingerprint density at radius 3 is 1.49 bits per heavy atom. The molecule has 4 aromatic carbocycles. The molecule has 1 radical (unpaired) electrons. The van der Waals surface area contributed by atoms with Gasteiger partial charge in [-0.3, -0.25) is 20.4 Å². The van der Waals surface area contributed by atoms with Crippen LogP contribution in [-0.2, 0) is 46.4 Å². The van der Waals surface area contributed by atoms with E-state index in [0.717, 1.165) is 17.2 Å². The van der Waals surface area contributed by atoms with Gasteiger partial charge < -0.3 is 10.2 Å². The molecule has 0 atom stereocenters. The maximum Gasteiger partial charge on any atom is 1.00 e. The molecule has 0 aromatic heterocycles. The monoisotopic (exact) mass is 810 g/mol. The van der Waals surface area contributed by atoms with Gasteiger partial charge in [-0.25, -0.2) is 26.7 Å². The van der Waals surface area contributed by atoms with Crippen LogP contribution in [-0.4, -0.2) is 56.1 Å². The number of primary sulfonamides is 1. The minimum Gasteiger partial charge on any atom is -0.506 e. The Labute approximate surface area is 338 Å². The van der Waals surface area contributed by atoms with Crippen LogP contribution in [0.2, 0.25) is 0 Å². The van der Waals surface area contributed by atoms with Crippen LogP contribution in [0.15, 0.2) is 117 Å². The Kier molecular flexibility index (Phi) is 14.6. The molecule has 0 heterocycles. The largest absolute Gasteiger partial charge is 1.00 e. The van der Waals surface area contributed by atoms with Gasteiger partial charge in [-0.05, 0) is 73.5 Å². The molecule has 0 unspecified atom stereocenters. The number of sulfonamides is 2. The molecule has 14 nitrogen and oxygen atoms in total. The van der Waals surface area contributed by atoms with E-state index in [-0.39, 0.29) is 108 Å². The van der Waals surface area contributed by atoms with E-state index in [1.807, 2.05) is 24.3 Å². The number of fused-ring (bicyclic) bond motifs is 2. The number of allylic oxidation sites excluding steroid dienone is 2. The first-order valence-electron chi connectivity index (χ1n) is 15.2. The van der Waals surface area contributed by atoms with Gasteiger partial charge in [0.1, 0.15) is 22.9 Å². The van der Waals surface area contributed by atoms with E-state index in [9.17, 15) is 36.6 Å². The summed E-state index contributed by atoms with van der Waals surface area (Å²) in [7, 11) is -7.65. The summed E-state index contributed by atoms with van der Waals surface area (Å²) in [5.74, 6) is -0.997. The second-order valence-electron chi connectivity index (χ2n) is 11.4. The number of ketones is 2. The fourth-order valence-corrected chi connectivity index (χ4v) is 6.68. The molecule has 7 N–H and O–H groups in total. The number of benzene rings is 4. The van der Waals surface area contributed by atoms with Crippen LogP contribution >= 0.6 is 0 Å². The number of anilines is 2. The van der Waals surface area contributed by atoms with Crippen LogP contribution in [0.3, 0.4) is 0 Å². The standard InChI is InChI=1S/C19H19N3O4S.C16H13N3O4S.Co.Na/c1-12(2)22-27(25,26)14-8-10-17(23)16(11-14)20-21-19-15-6-4-3-5-13(15)7-9-18(19)24;17-24(22,23)11-6-8-14(20)13(9-11)18-19-16-12-4-2-1-3-10(12)5-7-15(16)21;;/h3-12,20,22-23H,1-2H3;1-9,18,20H,(H2,17,22,23);;/q;;;+1/b21-19-;19-16-;;. The summed E-state index contributed by atoms with van der Waals surface area (Å²) < 4.78 is 49.9. The average molecular weight is 811 g/mol. The Balaban J connectivity index is 0.000000277. The van der Waals surface area contributed by atoms with E-state index in [1.165, 1.54) is 42.5 Å². The predicted molar refractivity (Wildman–Crippen MR) is 194 cm³/mol. The van der Waals surface area contributed by atoms with Crippen LogP contribution < -0.4 is 50.3 Å². The molecule has 0 bridgehead atoms. The van der Waals surface area contributed by atoms with Gasteiger partial charge in [0.2, 0.25) is 31.6 Å². The van der Waals surface area contributed by atoms with Gasteiger partial charge in [0.05, 0.1) is 21.2 Å². The molecule has 53 heavy (non-hydrogen) atoms. The van der Waals surface area contributed by atoms with Crippen LogP contribution in [0.4, 0.5) is 11.4 Å². The molecule has 4 aromatic rings. The fourth-order valence-electron chi connectivity index (χ4n) is 4.87. The summed E-state index contributed by atoms with van der Waals surface area (Å²) in [5.41, 5.74) is 8.56. The number of nitrogens with zero attached hydrogens (tertiary/aromatic N) is 2. The van der Waals surface area contributed by atoms with Crippen molar-refractivity contribution in [3.8, 4) is 11.5 Å². The zero-order valence-electron chi connectivity index (χ0n) is 28.4. The second-order valence-corrected chi connectivity index (χ2v) is 14.7. The van der Waals surface area contributed by atoms with Crippen molar-refractivity contribution in [1.82, 2.24) is 4.72 Å². The number of phenolic OH excluding ortho intramolecular Hbond substituents is 2. The molecule has 18 heteroatoms. The third kappa shape index (κ3) is 10.6. The summed E-state index contributed by atoms with van der Waals surface area (Å²) >= 11 is 0. The summed E-state index contributed by atoms with van der Waals surface area (Å²) in [5, 5.41) is 33.1. The van der Waals surface area contributed by atoms with E-state index in [0.29, 0.717) is 11.1 Å². The molecule has 2 aliphatic carbocycles. The van der Waals surface area contributed by atoms with Crippen molar-refractivity contribution in [2.45, 2.75) is 29.7 Å². The molecule has 0 spiro atoms. The molecular weight excluding hydrogens is 778 g/mol. The molecule has 271 valence electrons. The first-order chi connectivity index (χ1) is 24.1. The van der Waals surface area contributed by atoms with Crippen molar-refractivity contribution in [3.05, 3.63) is 119 Å². The van der Waals surface area contributed by atoms with Gasteiger partial charge in [0.25, 0.3) is 0 Å². The van der Waals surface area contributed by atoms with Gasteiger partial charge in [-0.2, -0.15) is 10.2 Å². The topological polar surface area (TPSA) is 230 Å². The van der Waals surface area contributed by atoms with E-state index >= 15 is 0 Å². The Hall–Kier alpha value is -4.43. The first kappa shape index (κ1) is 43.0. The molecule has 0 aliphatic heterocycles. The molecule has 2 aliphatic rings. The zero-order chi connectivity index (χ0) is 36.9. The number of rotatable bonds is 8. The summed E-state index contributed by atoms with van der Waals surface area (Å²) in [4.78, 5) is 24.0. The van der Waals surface area contributed by atoms with Crippen LogP contribution in [0.1, 0.15) is 36.1 Å². The Morgan fingerprint density at radius 1 is 0.642 bits per heavy atom. The van der Waals surface area contributed by atoms with E-state index in [4.69, 9.17) is 5.14 Å². The number of nitrogens with two attached hydrogens (primary N) is 1. The van der Waals surface area contributed by atoms with Gasteiger partial charge in [0, 0.05) is 33.9 Å². The van der Waals surface area contributed by atoms with E-state index in [2.05, 4.69) is 25.8 Å². The van der Waals surface area contributed by atoms with Crippen LogP contribution in [0.25, 0.3) is 12.2 Å². The summed E-state index contributed by atoms with van der Waals surface area (Å²) in [6.07, 6.45) is 6.20. The van der Waals surface area contributed by atoms with Crippen molar-refractivity contribution in [2.75, 3.05) is 10.9 Å². The normalized spacial score (nSPS) is 14.7. The van der Waals surface area contributed by atoms with Crippen molar-refractivity contribution < 1.29 is 83.0 Å². The average Bonchev–Trinajstić information content (AvgIpc) is 3.08. The van der Waals surface area contributed by atoms with Gasteiger partial charge in [-0.1, -0.05) is 60.7 Å². The summed E-state index contributed by atoms with van der Waals surface area (Å²) in [6, 6.07) is 21.5. The van der Waals surface area contributed by atoms with Gasteiger partial charge >= 0.3 is 29.6 Å². The van der Waals surface area contributed by atoms with E-state index < -0.39 is 20.0 Å². The minimum atomic E-state index is -3.92. The third-order valence-corrected chi connectivity index (χ3v) is 9.84. The van der Waals surface area contributed by atoms with Crippen molar-refractivity contribution >= 4 is 66.6 Å². The number of aromatic hydroxyl groups is 2. The molecule has 0 amide bonds. The fraction of sp³-hybridized carbons (Fsp3) is 0.0857. The van der Waals surface area contributed by atoms with Crippen LogP contribution in [0, 0.1) is 0 Å². The second kappa shape index (κ2) is 18.1. The maximum atomic E-state index is 12.3. The summed E-state index contributed by atoms with van der Waals surface area (Å²) in [6.45, 7) is 3.42. The minimum absolute atomic E-state index is 0. The predicted octanol–water partition coefficient (Wildman–Crippen LogP) is 0.944. The molecule has 6 rings (SSSR count). The molecular formula is C35H32CoN6NaO8S2+. The van der Waals surface area contributed by atoms with Crippen LogP contribution in [0.5, 0.6) is 11.5 Å². The van der Waals surface area contributed by atoms with Crippen molar-refractivity contribution in [1.29, 1.82) is 0 Å². The Bertz CT molecular complexity index is 2400. The molecule has 0 fully saturated rings. The zero-order valence-corrected chi connectivity index (χ0v) is 33.1. The van der Waals surface area contributed by atoms with Crippen molar-refractivity contribution in [2.24, 2.45) is 15.3 Å². The third-order valence-electron chi connectivity index (χ3n) is 7.27. The Morgan fingerprint density at radius 2 is 1.06 bits per heavy atom. The van der Waals surface area contributed by atoms with Crippen molar-refractivity contribution in [3.63, 3.8) is 0 Å². The number of carbonyl (C=O) groups is 2. The maximum absolute atomic E-state index is 12.3.